The normalized spacial score (nSPS) is 11.8. The minimum atomic E-state index is 0.243. The Morgan fingerprint density at radius 3 is 2.44 bits per heavy atom. The Hall–Kier alpha value is -0.470. The maximum atomic E-state index is 4.14. The molecule has 1 rings (SSSR count). The summed E-state index contributed by atoms with van der Waals surface area (Å²) in [5.74, 6) is 0.749. The maximum Gasteiger partial charge on any atom is 0.0387 e. The van der Waals surface area contributed by atoms with Gasteiger partial charge in [0.1, 0.15) is 0 Å². The summed E-state index contributed by atoms with van der Waals surface area (Å²) in [5.41, 5.74) is 4.48. The van der Waals surface area contributed by atoms with Crippen LogP contribution in [-0.4, -0.2) is 12.4 Å². The van der Waals surface area contributed by atoms with Crippen molar-refractivity contribution < 1.29 is 0 Å². The summed E-state index contributed by atoms with van der Waals surface area (Å²) in [6.45, 7) is 9.96. The highest BCUT2D eigenvalue weighted by Gasteiger charge is 2.14. The van der Waals surface area contributed by atoms with Gasteiger partial charge in [-0.1, -0.05) is 39.0 Å². The van der Waals surface area contributed by atoms with Crippen molar-refractivity contribution in [2.75, 3.05) is 12.4 Å². The van der Waals surface area contributed by atoms with Crippen molar-refractivity contribution in [3.8, 4) is 0 Å². The lowest BCUT2D eigenvalue weighted by molar-refractivity contribution is 0.589. The van der Waals surface area contributed by atoms with Gasteiger partial charge in [-0.3, -0.25) is 0 Å². The molecule has 0 heterocycles. The van der Waals surface area contributed by atoms with Gasteiger partial charge in [0.2, 0.25) is 0 Å². The molecule has 0 amide bonds. The van der Waals surface area contributed by atoms with Gasteiger partial charge in [-0.05, 0) is 42.0 Å². The molecule has 0 saturated carbocycles. The summed E-state index contributed by atoms with van der Waals surface area (Å²) in [5, 5.41) is 3.23. The van der Waals surface area contributed by atoms with Crippen molar-refractivity contribution in [3.63, 3.8) is 0 Å². The van der Waals surface area contributed by atoms with Crippen LogP contribution in [0.5, 0.6) is 0 Å². The summed E-state index contributed by atoms with van der Waals surface area (Å²) in [4.78, 5) is 0. The van der Waals surface area contributed by atoms with Crippen molar-refractivity contribution in [2.45, 2.75) is 39.5 Å². The zero-order valence-electron chi connectivity index (χ0n) is 10.8. The van der Waals surface area contributed by atoms with Crippen LogP contribution in [0.1, 0.15) is 37.5 Å². The molecule has 1 N–H and O–H groups in total. The Balaban J connectivity index is 2.76. The van der Waals surface area contributed by atoms with Crippen molar-refractivity contribution >= 4 is 12.6 Å². The fourth-order valence-electron chi connectivity index (χ4n) is 1.75. The standard InChI is InChI=1S/C14H23NS/c1-11-9-13(14(2,3)4)6-5-12(11)7-8-15-10-16/h5-6,9,15-16H,7-8,10H2,1-4H3. The summed E-state index contributed by atoms with van der Waals surface area (Å²) in [6.07, 6.45) is 1.08. The maximum absolute atomic E-state index is 4.14. The lowest BCUT2D eigenvalue weighted by Gasteiger charge is -2.20. The molecule has 0 spiro atoms. The summed E-state index contributed by atoms with van der Waals surface area (Å²) < 4.78 is 0. The Morgan fingerprint density at radius 1 is 1.25 bits per heavy atom. The molecule has 1 aromatic rings. The molecular weight excluding hydrogens is 214 g/mol. The fraction of sp³-hybridized carbons (Fsp3) is 0.571. The molecule has 1 nitrogen and oxygen atoms in total. The monoisotopic (exact) mass is 237 g/mol. The smallest absolute Gasteiger partial charge is 0.0387 e. The lowest BCUT2D eigenvalue weighted by Crippen LogP contribution is -2.16. The van der Waals surface area contributed by atoms with Gasteiger partial charge in [0.15, 0.2) is 0 Å². The van der Waals surface area contributed by atoms with E-state index in [1.54, 1.807) is 0 Å². The molecule has 0 fully saturated rings. The molecule has 1 aromatic carbocycles. The minimum Gasteiger partial charge on any atom is -0.308 e. The van der Waals surface area contributed by atoms with Gasteiger partial charge in [0.25, 0.3) is 0 Å². The van der Waals surface area contributed by atoms with Gasteiger partial charge in [0.05, 0.1) is 0 Å². The first-order chi connectivity index (χ1) is 7.45. The number of benzene rings is 1. The van der Waals surface area contributed by atoms with Gasteiger partial charge >= 0.3 is 0 Å². The van der Waals surface area contributed by atoms with Crippen LogP contribution in [0, 0.1) is 6.92 Å². The first-order valence-corrected chi connectivity index (χ1v) is 6.50. The third kappa shape index (κ3) is 3.84. The van der Waals surface area contributed by atoms with Crippen molar-refractivity contribution in [1.29, 1.82) is 0 Å². The number of nitrogens with one attached hydrogen (secondary N) is 1. The van der Waals surface area contributed by atoms with E-state index in [-0.39, 0.29) is 5.41 Å². The molecule has 0 aliphatic rings. The van der Waals surface area contributed by atoms with E-state index in [0.29, 0.717) is 0 Å². The van der Waals surface area contributed by atoms with Crippen LogP contribution in [0.4, 0.5) is 0 Å². The van der Waals surface area contributed by atoms with Crippen LogP contribution in [0.2, 0.25) is 0 Å². The van der Waals surface area contributed by atoms with E-state index in [1.807, 2.05) is 0 Å². The quantitative estimate of drug-likeness (QED) is 0.465. The van der Waals surface area contributed by atoms with Crippen LogP contribution < -0.4 is 5.32 Å². The molecule has 0 aliphatic carbocycles. The summed E-state index contributed by atoms with van der Waals surface area (Å²) in [6, 6.07) is 6.83. The van der Waals surface area contributed by atoms with Crippen LogP contribution in [0.3, 0.4) is 0 Å². The number of hydrogen-bond donors (Lipinski definition) is 2. The van der Waals surface area contributed by atoms with Crippen molar-refractivity contribution in [3.05, 3.63) is 34.9 Å². The topological polar surface area (TPSA) is 12.0 Å². The molecule has 0 bridgehead atoms. The van der Waals surface area contributed by atoms with Crippen LogP contribution in [-0.2, 0) is 11.8 Å². The average molecular weight is 237 g/mol. The van der Waals surface area contributed by atoms with E-state index in [0.717, 1.165) is 18.8 Å². The highest BCUT2D eigenvalue weighted by molar-refractivity contribution is 7.80. The van der Waals surface area contributed by atoms with E-state index in [2.05, 4.69) is 63.8 Å². The molecule has 0 aliphatic heterocycles. The van der Waals surface area contributed by atoms with Crippen molar-refractivity contribution in [2.24, 2.45) is 0 Å². The minimum absolute atomic E-state index is 0.243. The molecule has 0 radical (unpaired) electrons. The molecule has 0 aromatic heterocycles. The van der Waals surface area contributed by atoms with Crippen LogP contribution >= 0.6 is 12.6 Å². The zero-order chi connectivity index (χ0) is 12.2. The van der Waals surface area contributed by atoms with E-state index in [1.165, 1.54) is 16.7 Å². The number of hydrogen-bond acceptors (Lipinski definition) is 2. The lowest BCUT2D eigenvalue weighted by atomic mass is 9.85. The van der Waals surface area contributed by atoms with E-state index in [4.69, 9.17) is 0 Å². The number of thiol groups is 1. The Kier molecular flexibility index (Phi) is 4.88. The van der Waals surface area contributed by atoms with Crippen LogP contribution in [0.15, 0.2) is 18.2 Å². The Bertz CT molecular complexity index is 339. The van der Waals surface area contributed by atoms with Gasteiger partial charge in [-0.15, -0.1) is 0 Å². The largest absolute Gasteiger partial charge is 0.308 e. The third-order valence-corrected chi connectivity index (χ3v) is 3.12. The Morgan fingerprint density at radius 2 is 1.94 bits per heavy atom. The SMILES string of the molecule is Cc1cc(C(C)(C)C)ccc1CCNCS. The highest BCUT2D eigenvalue weighted by atomic mass is 32.1. The van der Waals surface area contributed by atoms with E-state index in [9.17, 15) is 0 Å². The predicted molar refractivity (Wildman–Crippen MR) is 75.4 cm³/mol. The molecule has 0 unspecified atom stereocenters. The van der Waals surface area contributed by atoms with Crippen LogP contribution in [0.25, 0.3) is 0 Å². The highest BCUT2D eigenvalue weighted by Crippen LogP contribution is 2.24. The van der Waals surface area contributed by atoms with Crippen molar-refractivity contribution in [1.82, 2.24) is 5.32 Å². The molecule has 0 atom stereocenters. The van der Waals surface area contributed by atoms with E-state index >= 15 is 0 Å². The number of rotatable bonds is 4. The van der Waals surface area contributed by atoms with Gasteiger partial charge in [-0.25, -0.2) is 0 Å². The molecular formula is C14H23NS. The zero-order valence-corrected chi connectivity index (χ0v) is 11.7. The van der Waals surface area contributed by atoms with Gasteiger partial charge < -0.3 is 5.32 Å². The van der Waals surface area contributed by atoms with Gasteiger partial charge in [0, 0.05) is 5.88 Å². The molecule has 2 heteroatoms. The molecule has 90 valence electrons. The van der Waals surface area contributed by atoms with Gasteiger partial charge in [-0.2, -0.15) is 12.6 Å². The third-order valence-electron chi connectivity index (χ3n) is 2.89. The molecule has 0 saturated heterocycles. The second-order valence-corrected chi connectivity index (χ2v) is 5.62. The first kappa shape index (κ1) is 13.6. The van der Waals surface area contributed by atoms with E-state index < -0.39 is 0 Å². The molecule has 16 heavy (non-hydrogen) atoms. The predicted octanol–water partition coefficient (Wildman–Crippen LogP) is 3.31. The second kappa shape index (κ2) is 5.74. The fourth-order valence-corrected chi connectivity index (χ4v) is 1.90. The number of aryl methyl sites for hydroxylation is 1. The first-order valence-electron chi connectivity index (χ1n) is 5.86. The second-order valence-electron chi connectivity index (χ2n) is 5.30. The summed E-state index contributed by atoms with van der Waals surface area (Å²) in [7, 11) is 0. The Labute approximate surface area is 105 Å². The average Bonchev–Trinajstić information content (AvgIpc) is 2.19. The summed E-state index contributed by atoms with van der Waals surface area (Å²) >= 11 is 4.14.